The summed E-state index contributed by atoms with van der Waals surface area (Å²) in [6.45, 7) is 3.45. The van der Waals surface area contributed by atoms with Crippen molar-refractivity contribution in [1.82, 2.24) is 9.97 Å². The zero-order chi connectivity index (χ0) is 12.4. The van der Waals surface area contributed by atoms with Gasteiger partial charge in [0.25, 0.3) is 0 Å². The molecule has 0 atom stereocenters. The van der Waals surface area contributed by atoms with Crippen molar-refractivity contribution in [3.05, 3.63) is 41.5 Å². The molecule has 4 nitrogen and oxygen atoms in total. The molecule has 0 saturated carbocycles. The van der Waals surface area contributed by atoms with E-state index < -0.39 is 0 Å². The van der Waals surface area contributed by atoms with E-state index in [1.54, 1.807) is 32.0 Å². The van der Waals surface area contributed by atoms with Crippen LogP contribution >= 0.6 is 0 Å². The van der Waals surface area contributed by atoms with Gasteiger partial charge in [-0.05, 0) is 26.0 Å². The average molecular weight is 232 g/mol. The number of nitrogens with zero attached hydrogens (tertiary/aromatic N) is 2. The third-order valence-electron chi connectivity index (χ3n) is 2.39. The van der Waals surface area contributed by atoms with E-state index in [1.165, 1.54) is 6.07 Å². The molecule has 0 unspecified atom stereocenters. The van der Waals surface area contributed by atoms with Gasteiger partial charge in [0, 0.05) is 17.3 Å². The second kappa shape index (κ2) is 4.37. The van der Waals surface area contributed by atoms with E-state index in [1.807, 2.05) is 0 Å². The Labute approximate surface area is 98.7 Å². The Morgan fingerprint density at radius 3 is 2.71 bits per heavy atom. The molecule has 0 aliphatic carbocycles. The maximum absolute atomic E-state index is 13.3. The van der Waals surface area contributed by atoms with Gasteiger partial charge in [-0.25, -0.2) is 14.4 Å². The van der Waals surface area contributed by atoms with Crippen molar-refractivity contribution in [3.63, 3.8) is 0 Å². The number of benzene rings is 1. The van der Waals surface area contributed by atoms with Gasteiger partial charge in [-0.2, -0.15) is 0 Å². The predicted octanol–water partition coefficient (Wildman–Crippen LogP) is 2.56. The zero-order valence-electron chi connectivity index (χ0n) is 9.66. The van der Waals surface area contributed by atoms with Crippen LogP contribution in [0.4, 0.5) is 21.7 Å². The van der Waals surface area contributed by atoms with Gasteiger partial charge in [0.1, 0.15) is 23.3 Å². The van der Waals surface area contributed by atoms with Gasteiger partial charge in [0.05, 0.1) is 0 Å². The summed E-state index contributed by atoms with van der Waals surface area (Å²) in [5.74, 6) is 1.26. The predicted molar refractivity (Wildman–Crippen MR) is 65.6 cm³/mol. The molecule has 0 bridgehead atoms. The van der Waals surface area contributed by atoms with Crippen molar-refractivity contribution in [3.8, 4) is 0 Å². The molecule has 2 rings (SSSR count). The summed E-state index contributed by atoms with van der Waals surface area (Å²) in [4.78, 5) is 8.14. The second-order valence-corrected chi connectivity index (χ2v) is 3.76. The number of halogens is 1. The summed E-state index contributed by atoms with van der Waals surface area (Å²) in [5.41, 5.74) is 6.83. The first-order valence-corrected chi connectivity index (χ1v) is 5.19. The van der Waals surface area contributed by atoms with Crippen molar-refractivity contribution in [2.45, 2.75) is 13.8 Å². The summed E-state index contributed by atoms with van der Waals surface area (Å²) in [5, 5.41) is 3.02. The fourth-order valence-electron chi connectivity index (χ4n) is 1.54. The van der Waals surface area contributed by atoms with Gasteiger partial charge in [0.15, 0.2) is 0 Å². The first-order chi connectivity index (χ1) is 8.06. The van der Waals surface area contributed by atoms with E-state index in [4.69, 9.17) is 5.73 Å². The van der Waals surface area contributed by atoms with Gasteiger partial charge in [0.2, 0.25) is 0 Å². The van der Waals surface area contributed by atoms with Gasteiger partial charge >= 0.3 is 0 Å². The highest BCUT2D eigenvalue weighted by Gasteiger charge is 2.05. The van der Waals surface area contributed by atoms with Crippen LogP contribution in [0, 0.1) is 19.7 Å². The zero-order valence-corrected chi connectivity index (χ0v) is 9.66. The number of nitrogens with two attached hydrogens (primary N) is 1. The van der Waals surface area contributed by atoms with Crippen LogP contribution in [0.1, 0.15) is 11.4 Å². The van der Waals surface area contributed by atoms with E-state index in [9.17, 15) is 4.39 Å². The lowest BCUT2D eigenvalue weighted by molar-refractivity contribution is 0.619. The van der Waals surface area contributed by atoms with E-state index >= 15 is 0 Å². The molecule has 1 heterocycles. The minimum Gasteiger partial charge on any atom is -0.384 e. The molecular formula is C12H13FN4. The molecule has 0 amide bonds. The van der Waals surface area contributed by atoms with E-state index in [0.29, 0.717) is 28.7 Å². The molecule has 2 aromatic rings. The number of nitrogens with one attached hydrogen (secondary N) is 1. The highest BCUT2D eigenvalue weighted by molar-refractivity contribution is 5.62. The summed E-state index contributed by atoms with van der Waals surface area (Å²) in [6, 6.07) is 6.45. The number of aromatic nitrogens is 2. The number of anilines is 3. The number of nitrogen functional groups attached to an aromatic ring is 1. The van der Waals surface area contributed by atoms with Crippen molar-refractivity contribution in [2.24, 2.45) is 0 Å². The molecule has 0 aliphatic rings. The molecule has 88 valence electrons. The maximum Gasteiger partial charge on any atom is 0.136 e. The Morgan fingerprint density at radius 1 is 1.24 bits per heavy atom. The van der Waals surface area contributed by atoms with Crippen LogP contribution in [-0.4, -0.2) is 9.97 Å². The summed E-state index contributed by atoms with van der Waals surface area (Å²) in [7, 11) is 0. The fraction of sp³-hybridized carbons (Fsp3) is 0.167. The first-order valence-electron chi connectivity index (χ1n) is 5.19. The maximum atomic E-state index is 13.3. The quantitative estimate of drug-likeness (QED) is 0.835. The van der Waals surface area contributed by atoms with Crippen LogP contribution < -0.4 is 11.1 Å². The lowest BCUT2D eigenvalue weighted by Crippen LogP contribution is -2.02. The standard InChI is InChI=1S/C12H13FN4/c1-7-9(13)4-3-5-10(7)17-12-6-11(14)15-8(2)16-12/h3-6H,1-2H3,(H3,14,15,16,17). The third kappa shape index (κ3) is 2.50. The highest BCUT2D eigenvalue weighted by atomic mass is 19.1. The molecule has 1 aromatic heterocycles. The van der Waals surface area contributed by atoms with E-state index in [-0.39, 0.29) is 5.82 Å². The molecule has 0 radical (unpaired) electrons. The first kappa shape index (κ1) is 11.3. The normalized spacial score (nSPS) is 10.3. The molecular weight excluding hydrogens is 219 g/mol. The Morgan fingerprint density at radius 2 is 2.00 bits per heavy atom. The van der Waals surface area contributed by atoms with Crippen molar-refractivity contribution in [1.29, 1.82) is 0 Å². The number of aryl methyl sites for hydroxylation is 1. The SMILES string of the molecule is Cc1nc(N)cc(Nc2cccc(F)c2C)n1. The van der Waals surface area contributed by atoms with Crippen LogP contribution in [0.5, 0.6) is 0 Å². The second-order valence-electron chi connectivity index (χ2n) is 3.76. The van der Waals surface area contributed by atoms with Crippen molar-refractivity contribution >= 4 is 17.3 Å². The lowest BCUT2D eigenvalue weighted by atomic mass is 10.2. The van der Waals surface area contributed by atoms with E-state index in [2.05, 4.69) is 15.3 Å². The van der Waals surface area contributed by atoms with Crippen LogP contribution in [0.15, 0.2) is 24.3 Å². The highest BCUT2D eigenvalue weighted by Crippen LogP contribution is 2.21. The fourth-order valence-corrected chi connectivity index (χ4v) is 1.54. The van der Waals surface area contributed by atoms with Gasteiger partial charge < -0.3 is 11.1 Å². The minimum absolute atomic E-state index is 0.256. The Hall–Kier alpha value is -2.17. The minimum atomic E-state index is -0.256. The molecule has 0 spiro atoms. The van der Waals surface area contributed by atoms with Gasteiger partial charge in [-0.1, -0.05) is 6.07 Å². The monoisotopic (exact) mass is 232 g/mol. The van der Waals surface area contributed by atoms with Crippen LogP contribution in [0.2, 0.25) is 0 Å². The number of hydrogen-bond acceptors (Lipinski definition) is 4. The Kier molecular flexibility index (Phi) is 2.91. The third-order valence-corrected chi connectivity index (χ3v) is 2.39. The lowest BCUT2D eigenvalue weighted by Gasteiger charge is -2.10. The van der Waals surface area contributed by atoms with Crippen LogP contribution in [-0.2, 0) is 0 Å². The molecule has 0 saturated heterocycles. The topological polar surface area (TPSA) is 63.8 Å². The largest absolute Gasteiger partial charge is 0.384 e. The van der Waals surface area contributed by atoms with Gasteiger partial charge in [-0.3, -0.25) is 0 Å². The molecule has 0 fully saturated rings. The average Bonchev–Trinajstić information content (AvgIpc) is 2.23. The smallest absolute Gasteiger partial charge is 0.136 e. The number of hydrogen-bond donors (Lipinski definition) is 2. The van der Waals surface area contributed by atoms with Crippen LogP contribution in [0.25, 0.3) is 0 Å². The molecule has 3 N–H and O–H groups in total. The van der Waals surface area contributed by atoms with E-state index in [0.717, 1.165) is 0 Å². The Bertz CT molecular complexity index is 534. The Balaban J connectivity index is 2.34. The van der Waals surface area contributed by atoms with Gasteiger partial charge in [-0.15, -0.1) is 0 Å². The van der Waals surface area contributed by atoms with Crippen LogP contribution in [0.3, 0.4) is 0 Å². The molecule has 17 heavy (non-hydrogen) atoms. The summed E-state index contributed by atoms with van der Waals surface area (Å²) >= 11 is 0. The molecule has 5 heteroatoms. The van der Waals surface area contributed by atoms with Crippen molar-refractivity contribution < 1.29 is 4.39 Å². The molecule has 1 aromatic carbocycles. The van der Waals surface area contributed by atoms with Crippen molar-refractivity contribution in [2.75, 3.05) is 11.1 Å². The summed E-state index contributed by atoms with van der Waals surface area (Å²) in [6.07, 6.45) is 0. The number of rotatable bonds is 2. The summed E-state index contributed by atoms with van der Waals surface area (Å²) < 4.78 is 13.3. The molecule has 0 aliphatic heterocycles.